The fourth-order valence-electron chi connectivity index (χ4n) is 3.28. The molecule has 3 heterocycles. The van der Waals surface area contributed by atoms with Gasteiger partial charge in [0.15, 0.2) is 0 Å². The molecule has 1 saturated heterocycles. The van der Waals surface area contributed by atoms with Crippen LogP contribution in [0.4, 0.5) is 0 Å². The van der Waals surface area contributed by atoms with Crippen LogP contribution in [0.3, 0.4) is 0 Å². The maximum atomic E-state index is 4.36. The van der Waals surface area contributed by atoms with E-state index in [-0.39, 0.29) is 24.8 Å². The molecule has 2 fully saturated rings. The Kier molecular flexibility index (Phi) is 5.10. The van der Waals surface area contributed by atoms with Gasteiger partial charge in [0, 0.05) is 26.1 Å². The first kappa shape index (κ1) is 15.8. The van der Waals surface area contributed by atoms with E-state index in [0.717, 1.165) is 19.5 Å². The number of aryl methyl sites for hydroxylation is 1. The highest BCUT2D eigenvalue weighted by atomic mass is 35.5. The van der Waals surface area contributed by atoms with Crippen LogP contribution in [0.1, 0.15) is 43.8 Å². The van der Waals surface area contributed by atoms with E-state index >= 15 is 0 Å². The fourth-order valence-corrected chi connectivity index (χ4v) is 3.28. The van der Waals surface area contributed by atoms with Crippen molar-refractivity contribution < 1.29 is 0 Å². The number of allylic oxidation sites excluding steroid dienone is 1. The van der Waals surface area contributed by atoms with Crippen molar-refractivity contribution in [2.75, 3.05) is 13.1 Å². The van der Waals surface area contributed by atoms with Crippen LogP contribution < -0.4 is 0 Å². The number of nitrogens with zero attached hydrogens (tertiary/aromatic N) is 4. The summed E-state index contributed by atoms with van der Waals surface area (Å²) in [5.74, 6) is 2.38. The summed E-state index contributed by atoms with van der Waals surface area (Å²) in [7, 11) is 0. The van der Waals surface area contributed by atoms with E-state index in [1.807, 2.05) is 0 Å². The lowest BCUT2D eigenvalue weighted by molar-refractivity contribution is 0.238. The maximum absolute atomic E-state index is 4.36. The summed E-state index contributed by atoms with van der Waals surface area (Å²) in [6.45, 7) is 4.54. The summed E-state index contributed by atoms with van der Waals surface area (Å²) in [5, 5.41) is 8.65. The average Bonchev–Trinajstić information content (AvgIpc) is 3.02. The molecule has 4 rings (SSSR count). The first-order valence-corrected chi connectivity index (χ1v) is 7.23. The average molecular weight is 317 g/mol. The molecule has 6 heteroatoms. The van der Waals surface area contributed by atoms with Crippen LogP contribution in [-0.4, -0.2) is 32.8 Å². The van der Waals surface area contributed by atoms with E-state index in [1.165, 1.54) is 56.8 Å². The highest BCUT2D eigenvalue weighted by Gasteiger charge is 2.24. The molecule has 4 nitrogen and oxygen atoms in total. The molecule has 0 unspecified atom stereocenters. The number of halogens is 2. The third kappa shape index (κ3) is 3.02. The van der Waals surface area contributed by atoms with E-state index in [9.17, 15) is 0 Å². The second kappa shape index (κ2) is 6.46. The van der Waals surface area contributed by atoms with Crippen LogP contribution in [0.2, 0.25) is 0 Å². The number of fused-ring (bicyclic) bond motifs is 1. The van der Waals surface area contributed by atoms with Gasteiger partial charge in [-0.15, -0.1) is 35.0 Å². The molecule has 1 saturated carbocycles. The van der Waals surface area contributed by atoms with Crippen LogP contribution in [0.25, 0.3) is 0 Å². The molecule has 2 aliphatic heterocycles. The van der Waals surface area contributed by atoms with Gasteiger partial charge in [-0.2, -0.15) is 0 Å². The Hall–Kier alpha value is -0.580. The van der Waals surface area contributed by atoms with Gasteiger partial charge in [-0.1, -0.05) is 11.1 Å². The Labute approximate surface area is 132 Å². The van der Waals surface area contributed by atoms with Crippen molar-refractivity contribution in [1.82, 2.24) is 19.7 Å². The van der Waals surface area contributed by atoms with Gasteiger partial charge in [0.2, 0.25) is 0 Å². The monoisotopic (exact) mass is 316 g/mol. The summed E-state index contributed by atoms with van der Waals surface area (Å²) in [4.78, 5) is 2.54. The highest BCUT2D eigenvalue weighted by Crippen LogP contribution is 2.36. The van der Waals surface area contributed by atoms with Gasteiger partial charge in [0.25, 0.3) is 0 Å². The smallest absolute Gasteiger partial charge is 0.147 e. The van der Waals surface area contributed by atoms with Gasteiger partial charge in [0.1, 0.15) is 11.6 Å². The first-order chi connectivity index (χ1) is 8.90. The Morgan fingerprint density at radius 3 is 2.20 bits per heavy atom. The Bertz CT molecular complexity index is 493. The minimum Gasteiger partial charge on any atom is -0.314 e. The van der Waals surface area contributed by atoms with Gasteiger partial charge in [-0.05, 0) is 32.1 Å². The van der Waals surface area contributed by atoms with E-state index in [0.29, 0.717) is 0 Å². The van der Waals surface area contributed by atoms with Gasteiger partial charge >= 0.3 is 0 Å². The number of piperidine rings is 1. The largest absolute Gasteiger partial charge is 0.314 e. The number of likely N-dealkylation sites (tertiary alicyclic amines) is 1. The minimum atomic E-state index is 0. The minimum absolute atomic E-state index is 0. The SMILES string of the molecule is C1Cc2nnc(CN3CCC(=C4CC4)CC3)n2C1.Cl.Cl. The second-order valence-corrected chi connectivity index (χ2v) is 5.77. The summed E-state index contributed by atoms with van der Waals surface area (Å²) in [6.07, 6.45) is 7.70. The van der Waals surface area contributed by atoms with E-state index in [1.54, 1.807) is 11.1 Å². The van der Waals surface area contributed by atoms with Crippen molar-refractivity contribution in [3.05, 3.63) is 22.8 Å². The molecule has 0 atom stereocenters. The van der Waals surface area contributed by atoms with Crippen LogP contribution in [0.5, 0.6) is 0 Å². The molecule has 20 heavy (non-hydrogen) atoms. The number of rotatable bonds is 2. The van der Waals surface area contributed by atoms with Crippen molar-refractivity contribution in [2.24, 2.45) is 0 Å². The third-order valence-electron chi connectivity index (χ3n) is 4.51. The predicted molar refractivity (Wildman–Crippen MR) is 83.6 cm³/mol. The summed E-state index contributed by atoms with van der Waals surface area (Å²) < 4.78 is 2.33. The third-order valence-corrected chi connectivity index (χ3v) is 4.51. The summed E-state index contributed by atoms with van der Waals surface area (Å²) in [6, 6.07) is 0. The van der Waals surface area contributed by atoms with E-state index in [4.69, 9.17) is 0 Å². The standard InChI is InChI=1S/C14H20N4.2ClH/c1-2-13-15-16-14(18(13)7-1)10-17-8-5-12(6-9-17)11-3-4-11;;/h1-10H2;2*1H. The molecule has 3 aliphatic rings. The predicted octanol–water partition coefficient (Wildman–Crippen LogP) is 2.75. The second-order valence-electron chi connectivity index (χ2n) is 5.77. The molecule has 1 aliphatic carbocycles. The Morgan fingerprint density at radius 2 is 1.50 bits per heavy atom. The van der Waals surface area contributed by atoms with Crippen molar-refractivity contribution in [3.63, 3.8) is 0 Å². The van der Waals surface area contributed by atoms with Crippen molar-refractivity contribution in [3.8, 4) is 0 Å². The van der Waals surface area contributed by atoms with Gasteiger partial charge in [-0.3, -0.25) is 4.90 Å². The zero-order valence-corrected chi connectivity index (χ0v) is 13.3. The lowest BCUT2D eigenvalue weighted by atomic mass is 10.0. The fraction of sp³-hybridized carbons (Fsp3) is 0.714. The summed E-state index contributed by atoms with van der Waals surface area (Å²) >= 11 is 0. The zero-order valence-electron chi connectivity index (χ0n) is 11.7. The molecular weight excluding hydrogens is 295 g/mol. The van der Waals surface area contributed by atoms with Crippen molar-refractivity contribution >= 4 is 24.8 Å². The molecule has 0 spiro atoms. The van der Waals surface area contributed by atoms with Gasteiger partial charge in [-0.25, -0.2) is 0 Å². The van der Waals surface area contributed by atoms with Gasteiger partial charge < -0.3 is 4.57 Å². The van der Waals surface area contributed by atoms with Gasteiger partial charge in [0.05, 0.1) is 6.54 Å². The van der Waals surface area contributed by atoms with Crippen LogP contribution in [-0.2, 0) is 19.5 Å². The molecular formula is C14H22Cl2N4. The quantitative estimate of drug-likeness (QED) is 0.787. The lowest BCUT2D eigenvalue weighted by Gasteiger charge is -2.27. The molecule has 0 aromatic carbocycles. The zero-order chi connectivity index (χ0) is 11.9. The first-order valence-electron chi connectivity index (χ1n) is 7.23. The Balaban J connectivity index is 0.000000735. The van der Waals surface area contributed by atoms with E-state index < -0.39 is 0 Å². The maximum Gasteiger partial charge on any atom is 0.147 e. The van der Waals surface area contributed by atoms with Crippen LogP contribution >= 0.6 is 24.8 Å². The molecule has 0 N–H and O–H groups in total. The topological polar surface area (TPSA) is 34.0 Å². The normalized spacial score (nSPS) is 21.2. The highest BCUT2D eigenvalue weighted by molar-refractivity contribution is 5.85. The van der Waals surface area contributed by atoms with Crippen LogP contribution in [0, 0.1) is 0 Å². The molecule has 112 valence electrons. The molecule has 0 radical (unpaired) electrons. The molecule has 0 amide bonds. The number of aromatic nitrogens is 3. The van der Waals surface area contributed by atoms with Crippen molar-refractivity contribution in [2.45, 2.75) is 51.6 Å². The molecule has 1 aromatic heterocycles. The molecule has 0 bridgehead atoms. The Morgan fingerprint density at radius 1 is 0.800 bits per heavy atom. The summed E-state index contributed by atoms with van der Waals surface area (Å²) in [5.41, 5.74) is 3.52. The number of hydrogen-bond donors (Lipinski definition) is 0. The van der Waals surface area contributed by atoms with Crippen molar-refractivity contribution in [1.29, 1.82) is 0 Å². The molecule has 1 aromatic rings. The lowest BCUT2D eigenvalue weighted by Crippen LogP contribution is -2.31. The van der Waals surface area contributed by atoms with Crippen LogP contribution in [0.15, 0.2) is 11.1 Å². The van der Waals surface area contributed by atoms with E-state index in [2.05, 4.69) is 19.7 Å². The number of hydrogen-bond acceptors (Lipinski definition) is 3.